The molecule has 1 fully saturated rings. The van der Waals surface area contributed by atoms with Gasteiger partial charge in [0.2, 0.25) is 0 Å². The SMILES string of the molecule is CC(=CCBr)CCC1CC1(C)C. The van der Waals surface area contributed by atoms with Crippen molar-refractivity contribution in [1.29, 1.82) is 0 Å². The molecule has 0 bridgehead atoms. The maximum absolute atomic E-state index is 3.42. The van der Waals surface area contributed by atoms with Crippen molar-refractivity contribution >= 4 is 15.9 Å². The van der Waals surface area contributed by atoms with Gasteiger partial charge in [0.15, 0.2) is 0 Å². The molecule has 1 aliphatic carbocycles. The average molecular weight is 231 g/mol. The third-order valence-electron chi connectivity index (χ3n) is 3.03. The second-order valence-corrected chi connectivity index (χ2v) is 5.28. The molecule has 1 rings (SSSR count). The topological polar surface area (TPSA) is 0 Å². The van der Waals surface area contributed by atoms with E-state index in [1.54, 1.807) is 0 Å². The minimum atomic E-state index is 0.661. The van der Waals surface area contributed by atoms with Crippen LogP contribution in [0.2, 0.25) is 0 Å². The zero-order valence-corrected chi connectivity index (χ0v) is 9.95. The van der Waals surface area contributed by atoms with E-state index in [0.717, 1.165) is 11.2 Å². The van der Waals surface area contributed by atoms with Gasteiger partial charge in [0.25, 0.3) is 0 Å². The monoisotopic (exact) mass is 230 g/mol. The highest BCUT2D eigenvalue weighted by Crippen LogP contribution is 2.54. The summed E-state index contributed by atoms with van der Waals surface area (Å²) >= 11 is 3.42. The molecule has 1 atom stereocenters. The predicted molar refractivity (Wildman–Crippen MR) is 58.7 cm³/mol. The molecule has 0 aromatic heterocycles. The van der Waals surface area contributed by atoms with Gasteiger partial charge < -0.3 is 0 Å². The van der Waals surface area contributed by atoms with Gasteiger partial charge in [-0.2, -0.15) is 0 Å². The highest BCUT2D eigenvalue weighted by atomic mass is 79.9. The molecule has 0 saturated heterocycles. The quantitative estimate of drug-likeness (QED) is 0.503. The van der Waals surface area contributed by atoms with Crippen LogP contribution in [0.5, 0.6) is 0 Å². The first kappa shape index (κ1) is 10.3. The van der Waals surface area contributed by atoms with Crippen molar-refractivity contribution in [2.75, 3.05) is 5.33 Å². The summed E-state index contributed by atoms with van der Waals surface area (Å²) in [7, 11) is 0. The molecule has 12 heavy (non-hydrogen) atoms. The van der Waals surface area contributed by atoms with Crippen LogP contribution in [0, 0.1) is 11.3 Å². The highest BCUT2D eigenvalue weighted by molar-refractivity contribution is 9.09. The largest absolute Gasteiger partial charge is 0.0883 e. The van der Waals surface area contributed by atoms with Crippen molar-refractivity contribution in [3.63, 3.8) is 0 Å². The number of hydrogen-bond donors (Lipinski definition) is 0. The lowest BCUT2D eigenvalue weighted by atomic mass is 10.0. The molecule has 1 aliphatic rings. The van der Waals surface area contributed by atoms with E-state index < -0.39 is 0 Å². The summed E-state index contributed by atoms with van der Waals surface area (Å²) in [6.07, 6.45) is 6.39. The average Bonchev–Trinajstić information content (AvgIpc) is 2.56. The third kappa shape index (κ3) is 2.93. The lowest BCUT2D eigenvalue weighted by molar-refractivity contribution is 0.532. The Hall–Kier alpha value is 0.220. The van der Waals surface area contributed by atoms with Gasteiger partial charge in [-0.3, -0.25) is 0 Å². The van der Waals surface area contributed by atoms with E-state index in [1.807, 2.05) is 0 Å². The summed E-state index contributed by atoms with van der Waals surface area (Å²) in [4.78, 5) is 0. The van der Waals surface area contributed by atoms with Crippen LogP contribution < -0.4 is 0 Å². The maximum atomic E-state index is 3.42. The van der Waals surface area contributed by atoms with Crippen LogP contribution in [0.15, 0.2) is 11.6 Å². The minimum Gasteiger partial charge on any atom is -0.0883 e. The summed E-state index contributed by atoms with van der Waals surface area (Å²) in [6.45, 7) is 6.99. The van der Waals surface area contributed by atoms with Crippen LogP contribution >= 0.6 is 15.9 Å². The number of rotatable bonds is 4. The van der Waals surface area contributed by atoms with E-state index in [2.05, 4.69) is 42.8 Å². The molecular weight excluding hydrogens is 212 g/mol. The fourth-order valence-corrected chi connectivity index (χ4v) is 2.26. The van der Waals surface area contributed by atoms with Gasteiger partial charge in [-0.15, -0.1) is 0 Å². The summed E-state index contributed by atoms with van der Waals surface area (Å²) in [5, 5.41) is 1.01. The van der Waals surface area contributed by atoms with Gasteiger partial charge in [0.05, 0.1) is 0 Å². The summed E-state index contributed by atoms with van der Waals surface area (Å²) in [5.41, 5.74) is 2.20. The number of halogens is 1. The van der Waals surface area contributed by atoms with E-state index in [1.165, 1.54) is 24.8 Å². The Labute approximate surface area is 84.6 Å². The van der Waals surface area contributed by atoms with Crippen molar-refractivity contribution in [2.45, 2.75) is 40.0 Å². The molecular formula is C11H19Br. The fraction of sp³-hybridized carbons (Fsp3) is 0.818. The van der Waals surface area contributed by atoms with Gasteiger partial charge in [0, 0.05) is 5.33 Å². The second-order valence-electron chi connectivity index (χ2n) is 4.63. The van der Waals surface area contributed by atoms with Crippen molar-refractivity contribution in [2.24, 2.45) is 11.3 Å². The van der Waals surface area contributed by atoms with E-state index in [-0.39, 0.29) is 0 Å². The van der Waals surface area contributed by atoms with Gasteiger partial charge in [0.1, 0.15) is 0 Å². The Kier molecular flexibility index (Phi) is 3.39. The molecule has 70 valence electrons. The molecule has 0 nitrogen and oxygen atoms in total. The Morgan fingerprint density at radius 1 is 1.58 bits per heavy atom. The number of hydrogen-bond acceptors (Lipinski definition) is 0. The highest BCUT2D eigenvalue weighted by Gasteiger charge is 2.44. The second kappa shape index (κ2) is 3.95. The lowest BCUT2D eigenvalue weighted by Crippen LogP contribution is -1.90. The molecule has 0 heterocycles. The van der Waals surface area contributed by atoms with Crippen molar-refractivity contribution in [3.05, 3.63) is 11.6 Å². The van der Waals surface area contributed by atoms with E-state index in [9.17, 15) is 0 Å². The van der Waals surface area contributed by atoms with Crippen LogP contribution in [-0.4, -0.2) is 5.33 Å². The molecule has 0 spiro atoms. The lowest BCUT2D eigenvalue weighted by Gasteiger charge is -2.03. The standard InChI is InChI=1S/C11H19Br/c1-9(6-7-12)4-5-10-8-11(10,2)3/h6,10H,4-5,7-8H2,1-3H3. The van der Waals surface area contributed by atoms with Gasteiger partial charge in [-0.05, 0) is 37.5 Å². The molecule has 0 aromatic rings. The van der Waals surface area contributed by atoms with Crippen LogP contribution in [0.4, 0.5) is 0 Å². The van der Waals surface area contributed by atoms with Crippen molar-refractivity contribution in [3.8, 4) is 0 Å². The first-order chi connectivity index (χ1) is 5.56. The summed E-state index contributed by atoms with van der Waals surface area (Å²) < 4.78 is 0. The Morgan fingerprint density at radius 2 is 2.17 bits per heavy atom. The van der Waals surface area contributed by atoms with Crippen molar-refractivity contribution < 1.29 is 0 Å². The fourth-order valence-electron chi connectivity index (χ4n) is 1.70. The molecule has 1 unspecified atom stereocenters. The summed E-state index contributed by atoms with van der Waals surface area (Å²) in [6, 6.07) is 0. The van der Waals surface area contributed by atoms with Crippen LogP contribution in [0.3, 0.4) is 0 Å². The molecule has 0 aliphatic heterocycles. The first-order valence-corrected chi connectivity index (χ1v) is 5.90. The van der Waals surface area contributed by atoms with Gasteiger partial charge in [-0.1, -0.05) is 41.4 Å². The molecule has 1 heteroatoms. The van der Waals surface area contributed by atoms with Crippen LogP contribution in [-0.2, 0) is 0 Å². The zero-order chi connectivity index (χ0) is 9.19. The normalized spacial score (nSPS) is 27.3. The van der Waals surface area contributed by atoms with Crippen LogP contribution in [0.25, 0.3) is 0 Å². The summed E-state index contributed by atoms with van der Waals surface area (Å²) in [5.74, 6) is 0.996. The van der Waals surface area contributed by atoms with E-state index in [4.69, 9.17) is 0 Å². The van der Waals surface area contributed by atoms with Crippen LogP contribution in [0.1, 0.15) is 40.0 Å². The number of allylic oxidation sites excluding steroid dienone is 2. The Morgan fingerprint density at radius 3 is 2.58 bits per heavy atom. The molecule has 0 amide bonds. The van der Waals surface area contributed by atoms with Gasteiger partial charge in [-0.25, -0.2) is 0 Å². The third-order valence-corrected chi connectivity index (χ3v) is 3.35. The number of alkyl halides is 1. The molecule has 0 aromatic carbocycles. The van der Waals surface area contributed by atoms with E-state index >= 15 is 0 Å². The van der Waals surface area contributed by atoms with Gasteiger partial charge >= 0.3 is 0 Å². The maximum Gasteiger partial charge on any atom is 0.0214 e. The van der Waals surface area contributed by atoms with Crippen molar-refractivity contribution in [1.82, 2.24) is 0 Å². The Balaban J connectivity index is 2.15. The first-order valence-electron chi connectivity index (χ1n) is 4.78. The predicted octanol–water partition coefficient (Wildman–Crippen LogP) is 4.15. The molecule has 0 radical (unpaired) electrons. The molecule has 0 N–H and O–H groups in total. The zero-order valence-electron chi connectivity index (χ0n) is 8.36. The Bertz CT molecular complexity index is 179. The van der Waals surface area contributed by atoms with E-state index in [0.29, 0.717) is 5.41 Å². The molecule has 1 saturated carbocycles. The minimum absolute atomic E-state index is 0.661. The smallest absolute Gasteiger partial charge is 0.0214 e.